The minimum atomic E-state index is -3.58. The van der Waals surface area contributed by atoms with E-state index >= 15 is 0 Å². The number of rotatable bonds is 5. The van der Waals surface area contributed by atoms with Gasteiger partial charge in [-0.3, -0.25) is 0 Å². The van der Waals surface area contributed by atoms with E-state index in [1.165, 1.54) is 6.20 Å². The quantitative estimate of drug-likeness (QED) is 0.899. The molecule has 0 radical (unpaired) electrons. The fourth-order valence-electron chi connectivity index (χ4n) is 1.75. The molecule has 0 fully saturated rings. The summed E-state index contributed by atoms with van der Waals surface area (Å²) in [6.07, 6.45) is 1.80. The number of halogens is 2. The van der Waals surface area contributed by atoms with E-state index < -0.39 is 10.0 Å². The highest BCUT2D eigenvalue weighted by Gasteiger charge is 2.20. The molecule has 1 aromatic heterocycles. The number of aromatic nitrogens is 1. The predicted octanol–water partition coefficient (Wildman–Crippen LogP) is 3.36. The molecule has 1 N–H and O–H groups in total. The molecule has 0 aliphatic carbocycles. The van der Waals surface area contributed by atoms with Crippen molar-refractivity contribution >= 4 is 44.6 Å². The minimum absolute atomic E-state index is 0.112. The lowest BCUT2D eigenvalue weighted by molar-refractivity contribution is 0.561. The van der Waals surface area contributed by atoms with Gasteiger partial charge in [0.2, 0.25) is 0 Å². The first-order valence-electron chi connectivity index (χ1n) is 5.75. The van der Waals surface area contributed by atoms with Crippen molar-refractivity contribution < 1.29 is 8.42 Å². The Hall–Kier alpha value is -0.660. The molecule has 1 atom stereocenters. The zero-order valence-electron chi connectivity index (χ0n) is 10.5. The maximum absolute atomic E-state index is 12.1. The number of hydrogen-bond donors (Lipinski definition) is 1. The van der Waals surface area contributed by atoms with Gasteiger partial charge < -0.3 is 0 Å². The third kappa shape index (κ3) is 4.17. The van der Waals surface area contributed by atoms with Gasteiger partial charge in [0.25, 0.3) is 10.0 Å². The second-order valence-corrected chi connectivity index (χ2v) is 8.28. The first kappa shape index (κ1) is 15.7. The number of sulfonamides is 1. The topological polar surface area (TPSA) is 59.1 Å². The molecule has 0 aliphatic heterocycles. The zero-order chi connectivity index (χ0) is 14.8. The van der Waals surface area contributed by atoms with E-state index in [2.05, 4.69) is 9.71 Å². The third-order valence-corrected chi connectivity index (χ3v) is 5.91. The van der Waals surface area contributed by atoms with Crippen molar-refractivity contribution in [3.8, 4) is 0 Å². The monoisotopic (exact) mass is 350 g/mol. The van der Waals surface area contributed by atoms with Crippen molar-refractivity contribution in [1.82, 2.24) is 9.71 Å². The van der Waals surface area contributed by atoms with Crippen molar-refractivity contribution in [3.05, 3.63) is 45.5 Å². The van der Waals surface area contributed by atoms with E-state index in [9.17, 15) is 8.42 Å². The molecule has 108 valence electrons. The second-order valence-electron chi connectivity index (χ2n) is 4.29. The maximum Gasteiger partial charge on any atom is 0.251 e. The standard InChI is InChI=1S/C12H12Cl2N2O2S2/c1-8(5-9-3-2-4-10(13)6-9)16-20(17,18)11-7-15-12(14)19-11/h2-4,6-8,16H,5H2,1H3. The fraction of sp³-hybridized carbons (Fsp3) is 0.250. The van der Waals surface area contributed by atoms with Crippen molar-refractivity contribution in [2.45, 2.75) is 23.6 Å². The van der Waals surface area contributed by atoms with Crippen LogP contribution in [0.2, 0.25) is 9.49 Å². The van der Waals surface area contributed by atoms with Crippen LogP contribution in [0.25, 0.3) is 0 Å². The van der Waals surface area contributed by atoms with Gasteiger partial charge in [0, 0.05) is 11.1 Å². The molecule has 2 aromatic rings. The van der Waals surface area contributed by atoms with Gasteiger partial charge >= 0.3 is 0 Å². The summed E-state index contributed by atoms with van der Waals surface area (Å²) in [4.78, 5) is 3.73. The van der Waals surface area contributed by atoms with E-state index in [-0.39, 0.29) is 14.7 Å². The first-order chi connectivity index (χ1) is 9.37. The molecule has 2 rings (SSSR count). The molecular formula is C12H12Cl2N2O2S2. The molecule has 0 spiro atoms. The Labute approximate surface area is 131 Å². The van der Waals surface area contributed by atoms with E-state index in [0.717, 1.165) is 16.9 Å². The van der Waals surface area contributed by atoms with Crippen LogP contribution in [0.15, 0.2) is 34.7 Å². The molecule has 8 heteroatoms. The summed E-state index contributed by atoms with van der Waals surface area (Å²) in [5.41, 5.74) is 0.968. The van der Waals surface area contributed by atoms with Crippen molar-refractivity contribution in [3.63, 3.8) is 0 Å². The molecule has 0 aliphatic rings. The summed E-state index contributed by atoms with van der Waals surface area (Å²) in [7, 11) is -3.58. The number of benzene rings is 1. The highest BCUT2D eigenvalue weighted by Crippen LogP contribution is 2.22. The SMILES string of the molecule is CC(Cc1cccc(Cl)c1)NS(=O)(=O)c1cnc(Cl)s1. The van der Waals surface area contributed by atoms with E-state index in [4.69, 9.17) is 23.2 Å². The normalized spacial score (nSPS) is 13.3. The van der Waals surface area contributed by atoms with Crippen LogP contribution in [0, 0.1) is 0 Å². The molecular weight excluding hydrogens is 339 g/mol. The fourth-order valence-corrected chi connectivity index (χ4v) is 4.51. The number of hydrogen-bond acceptors (Lipinski definition) is 4. The van der Waals surface area contributed by atoms with Crippen molar-refractivity contribution in [1.29, 1.82) is 0 Å². The Morgan fingerprint density at radius 3 is 2.75 bits per heavy atom. The number of nitrogens with zero attached hydrogens (tertiary/aromatic N) is 1. The van der Waals surface area contributed by atoms with Crippen LogP contribution in [0.1, 0.15) is 12.5 Å². The van der Waals surface area contributed by atoms with Gasteiger partial charge in [-0.05, 0) is 31.0 Å². The van der Waals surface area contributed by atoms with Gasteiger partial charge in [0.15, 0.2) is 8.68 Å². The maximum atomic E-state index is 12.1. The van der Waals surface area contributed by atoms with Crippen LogP contribution in [-0.2, 0) is 16.4 Å². The van der Waals surface area contributed by atoms with Crippen LogP contribution in [0.4, 0.5) is 0 Å². The van der Waals surface area contributed by atoms with E-state index in [0.29, 0.717) is 11.4 Å². The van der Waals surface area contributed by atoms with E-state index in [1.807, 2.05) is 18.2 Å². The average Bonchev–Trinajstić information content (AvgIpc) is 2.75. The highest BCUT2D eigenvalue weighted by molar-refractivity contribution is 7.91. The second kappa shape index (κ2) is 6.41. The Bertz CT molecular complexity index is 701. The van der Waals surface area contributed by atoms with Crippen molar-refractivity contribution in [2.24, 2.45) is 0 Å². The Morgan fingerprint density at radius 2 is 2.15 bits per heavy atom. The summed E-state index contributed by atoms with van der Waals surface area (Å²) in [5.74, 6) is 0. The van der Waals surface area contributed by atoms with Crippen molar-refractivity contribution in [2.75, 3.05) is 0 Å². The van der Waals surface area contributed by atoms with Crippen LogP contribution in [0.5, 0.6) is 0 Å². The van der Waals surface area contributed by atoms with Crippen LogP contribution in [-0.4, -0.2) is 19.4 Å². The summed E-state index contributed by atoms with van der Waals surface area (Å²) in [6, 6.07) is 7.07. The molecule has 4 nitrogen and oxygen atoms in total. The van der Waals surface area contributed by atoms with Gasteiger partial charge in [0.05, 0.1) is 6.20 Å². The lowest BCUT2D eigenvalue weighted by Gasteiger charge is -2.13. The largest absolute Gasteiger partial charge is 0.251 e. The average molecular weight is 351 g/mol. The highest BCUT2D eigenvalue weighted by atomic mass is 35.5. The van der Waals surface area contributed by atoms with E-state index in [1.54, 1.807) is 13.0 Å². The third-order valence-electron chi connectivity index (χ3n) is 2.51. The predicted molar refractivity (Wildman–Crippen MR) is 82.1 cm³/mol. The lowest BCUT2D eigenvalue weighted by atomic mass is 10.1. The van der Waals surface area contributed by atoms with Crippen LogP contribution < -0.4 is 4.72 Å². The Kier molecular flexibility index (Phi) is 5.04. The lowest BCUT2D eigenvalue weighted by Crippen LogP contribution is -2.33. The molecule has 0 saturated carbocycles. The minimum Gasteiger partial charge on any atom is -0.232 e. The Morgan fingerprint density at radius 1 is 1.40 bits per heavy atom. The first-order valence-corrected chi connectivity index (χ1v) is 8.80. The van der Waals surface area contributed by atoms with Gasteiger partial charge in [0.1, 0.15) is 0 Å². The number of nitrogens with one attached hydrogen (secondary N) is 1. The zero-order valence-corrected chi connectivity index (χ0v) is 13.7. The summed E-state index contributed by atoms with van der Waals surface area (Å²) in [5, 5.41) is 0.631. The molecule has 1 heterocycles. The molecule has 1 aromatic carbocycles. The van der Waals surface area contributed by atoms with Crippen LogP contribution >= 0.6 is 34.5 Å². The smallest absolute Gasteiger partial charge is 0.232 e. The number of thiazole rings is 1. The van der Waals surface area contributed by atoms with Gasteiger partial charge in [-0.2, -0.15) is 0 Å². The molecule has 0 bridgehead atoms. The Balaban J connectivity index is 2.06. The molecule has 0 saturated heterocycles. The molecule has 1 unspecified atom stereocenters. The summed E-state index contributed by atoms with van der Waals surface area (Å²) >= 11 is 12.5. The molecule has 20 heavy (non-hydrogen) atoms. The van der Waals surface area contributed by atoms with Crippen LogP contribution in [0.3, 0.4) is 0 Å². The van der Waals surface area contributed by atoms with Gasteiger partial charge in [-0.15, -0.1) is 0 Å². The van der Waals surface area contributed by atoms with Gasteiger partial charge in [-0.1, -0.05) is 46.7 Å². The molecule has 0 amide bonds. The van der Waals surface area contributed by atoms with Gasteiger partial charge in [-0.25, -0.2) is 18.1 Å². The summed E-state index contributed by atoms with van der Waals surface area (Å²) in [6.45, 7) is 1.79. The summed E-state index contributed by atoms with van der Waals surface area (Å²) < 4.78 is 27.1.